The average molecular weight is 474 g/mol. The van der Waals surface area contributed by atoms with Crippen molar-refractivity contribution in [2.75, 3.05) is 0 Å². The summed E-state index contributed by atoms with van der Waals surface area (Å²) in [5.74, 6) is -6.70. The van der Waals surface area contributed by atoms with Crippen molar-refractivity contribution in [2.45, 2.75) is 77.5 Å². The predicted molar refractivity (Wildman–Crippen MR) is 116 cm³/mol. The fourth-order valence-electron chi connectivity index (χ4n) is 2.77. The Bertz CT molecular complexity index is 742. The first-order valence-corrected chi connectivity index (χ1v) is 10.6. The maximum absolute atomic E-state index is 12.8. The maximum Gasteiger partial charge on any atom is 0.326 e. The first kappa shape index (κ1) is 29.8. The predicted octanol–water partition coefficient (Wildman–Crippen LogP) is -1.70. The fraction of sp³-hybridized carbons (Fsp3) is 0.700. The Morgan fingerprint density at radius 2 is 1.39 bits per heavy atom. The second kappa shape index (κ2) is 14.0. The van der Waals surface area contributed by atoms with Crippen LogP contribution in [0.5, 0.6) is 0 Å². The largest absolute Gasteiger partial charge is 0.481 e. The van der Waals surface area contributed by atoms with Crippen molar-refractivity contribution < 1.29 is 39.0 Å². The van der Waals surface area contributed by atoms with Crippen LogP contribution in [0.15, 0.2) is 0 Å². The molecule has 0 rings (SSSR count). The second-order valence-electron chi connectivity index (χ2n) is 8.21. The minimum absolute atomic E-state index is 0.194. The summed E-state index contributed by atoms with van der Waals surface area (Å²) in [6, 6.07) is -5.05. The van der Waals surface area contributed by atoms with Gasteiger partial charge in [0.1, 0.15) is 18.1 Å². The normalized spacial score (nSPS) is 15.5. The van der Waals surface area contributed by atoms with E-state index in [9.17, 15) is 33.9 Å². The van der Waals surface area contributed by atoms with Crippen LogP contribution in [0.1, 0.15) is 53.4 Å². The van der Waals surface area contributed by atoms with Crippen molar-refractivity contribution in [3.63, 3.8) is 0 Å². The summed E-state index contributed by atoms with van der Waals surface area (Å²) in [5, 5.41) is 25.1. The third kappa shape index (κ3) is 10.8. The SMILES string of the molecule is CCC(C)C(N)C(=O)NC(CCC(=O)O)C(=O)NC(C(=O)NC(CC(N)=O)C(=O)O)C(C)C. The Hall–Kier alpha value is -3.22. The summed E-state index contributed by atoms with van der Waals surface area (Å²) in [7, 11) is 0. The number of hydrogen-bond acceptors (Lipinski definition) is 7. The smallest absolute Gasteiger partial charge is 0.326 e. The highest BCUT2D eigenvalue weighted by Crippen LogP contribution is 2.09. The van der Waals surface area contributed by atoms with E-state index >= 15 is 0 Å². The van der Waals surface area contributed by atoms with Crippen LogP contribution in [-0.2, 0) is 28.8 Å². The summed E-state index contributed by atoms with van der Waals surface area (Å²) in [6.45, 7) is 6.75. The lowest BCUT2D eigenvalue weighted by Crippen LogP contribution is -2.59. The van der Waals surface area contributed by atoms with Gasteiger partial charge >= 0.3 is 11.9 Å². The van der Waals surface area contributed by atoms with Crippen molar-refractivity contribution in [1.82, 2.24) is 16.0 Å². The fourth-order valence-corrected chi connectivity index (χ4v) is 2.77. The molecule has 4 amide bonds. The minimum Gasteiger partial charge on any atom is -0.481 e. The molecule has 0 aromatic rings. The third-order valence-electron chi connectivity index (χ3n) is 5.11. The molecule has 0 aliphatic rings. The molecular weight excluding hydrogens is 438 g/mol. The van der Waals surface area contributed by atoms with Crippen molar-refractivity contribution in [2.24, 2.45) is 23.3 Å². The van der Waals surface area contributed by atoms with Gasteiger partial charge in [0.25, 0.3) is 0 Å². The molecule has 5 unspecified atom stereocenters. The van der Waals surface area contributed by atoms with E-state index in [0.29, 0.717) is 6.42 Å². The van der Waals surface area contributed by atoms with Crippen LogP contribution in [0.25, 0.3) is 0 Å². The number of primary amides is 1. The van der Waals surface area contributed by atoms with Gasteiger partial charge in [0.15, 0.2) is 0 Å². The van der Waals surface area contributed by atoms with E-state index in [1.807, 2.05) is 6.92 Å². The number of nitrogens with one attached hydrogen (secondary N) is 3. The summed E-state index contributed by atoms with van der Waals surface area (Å²) in [6.07, 6.45) is -0.738. The van der Waals surface area contributed by atoms with E-state index in [1.165, 1.54) is 0 Å². The second-order valence-corrected chi connectivity index (χ2v) is 8.21. The lowest BCUT2D eigenvalue weighted by atomic mass is 9.98. The van der Waals surface area contributed by atoms with E-state index in [0.717, 1.165) is 0 Å². The summed E-state index contributed by atoms with van der Waals surface area (Å²) in [4.78, 5) is 71.2. The number of rotatable bonds is 15. The summed E-state index contributed by atoms with van der Waals surface area (Å²) >= 11 is 0. The minimum atomic E-state index is -1.59. The molecule has 0 aliphatic carbocycles. The molecule has 0 aromatic carbocycles. The molecular formula is C20H35N5O8. The molecule has 0 fully saturated rings. The van der Waals surface area contributed by atoms with Crippen LogP contribution in [0.3, 0.4) is 0 Å². The molecule has 0 spiro atoms. The Balaban J connectivity index is 5.54. The van der Waals surface area contributed by atoms with Crippen LogP contribution in [0.2, 0.25) is 0 Å². The lowest BCUT2D eigenvalue weighted by molar-refractivity contribution is -0.144. The number of amides is 4. The van der Waals surface area contributed by atoms with E-state index in [-0.39, 0.29) is 12.3 Å². The first-order valence-electron chi connectivity index (χ1n) is 10.6. The number of carbonyl (C=O) groups excluding carboxylic acids is 4. The van der Waals surface area contributed by atoms with Gasteiger partial charge in [-0.1, -0.05) is 34.1 Å². The third-order valence-corrected chi connectivity index (χ3v) is 5.11. The van der Waals surface area contributed by atoms with Gasteiger partial charge in [-0.05, 0) is 18.3 Å². The summed E-state index contributed by atoms with van der Waals surface area (Å²) < 4.78 is 0. The van der Waals surface area contributed by atoms with Crippen molar-refractivity contribution in [3.05, 3.63) is 0 Å². The first-order chi connectivity index (χ1) is 15.2. The number of aliphatic carboxylic acids is 2. The maximum atomic E-state index is 12.8. The number of carboxylic acid groups (broad SMARTS) is 2. The van der Waals surface area contributed by atoms with Crippen molar-refractivity contribution in [1.29, 1.82) is 0 Å². The zero-order valence-electron chi connectivity index (χ0n) is 19.3. The molecule has 0 bridgehead atoms. The van der Waals surface area contributed by atoms with Gasteiger partial charge in [-0.2, -0.15) is 0 Å². The standard InChI is InChI=1S/C20H35N5O8/c1-5-10(4)15(22)18(30)23-11(6-7-14(27)28)17(29)25-16(9(2)3)19(31)24-12(20(32)33)8-13(21)26/h9-12,15-16H,5-8,22H2,1-4H3,(H2,21,26)(H,23,30)(H,24,31)(H,25,29)(H,27,28)(H,32,33). The topological polar surface area (TPSA) is 231 Å². The number of carboxylic acids is 2. The molecule has 13 nitrogen and oxygen atoms in total. The Morgan fingerprint density at radius 1 is 0.848 bits per heavy atom. The Kier molecular flexibility index (Phi) is 12.7. The van der Waals surface area contributed by atoms with Gasteiger partial charge in [0.2, 0.25) is 23.6 Å². The van der Waals surface area contributed by atoms with Gasteiger partial charge in [-0.25, -0.2) is 4.79 Å². The molecule has 13 heteroatoms. The van der Waals surface area contributed by atoms with E-state index < -0.39 is 78.5 Å². The van der Waals surface area contributed by atoms with Crippen LogP contribution in [0.4, 0.5) is 0 Å². The molecule has 0 saturated carbocycles. The van der Waals surface area contributed by atoms with Crippen molar-refractivity contribution in [3.8, 4) is 0 Å². The molecule has 0 aliphatic heterocycles. The van der Waals surface area contributed by atoms with Crippen LogP contribution in [-0.4, -0.2) is 69.9 Å². The van der Waals surface area contributed by atoms with E-state index in [1.54, 1.807) is 20.8 Å². The Morgan fingerprint density at radius 3 is 1.82 bits per heavy atom. The molecule has 5 atom stereocenters. The molecule has 33 heavy (non-hydrogen) atoms. The molecule has 0 saturated heterocycles. The van der Waals surface area contributed by atoms with Crippen LogP contribution < -0.4 is 27.4 Å². The lowest BCUT2D eigenvalue weighted by Gasteiger charge is -2.27. The highest BCUT2D eigenvalue weighted by molar-refractivity contribution is 5.95. The molecule has 9 N–H and O–H groups in total. The molecule has 188 valence electrons. The molecule has 0 heterocycles. The van der Waals surface area contributed by atoms with E-state index in [4.69, 9.17) is 16.6 Å². The highest BCUT2D eigenvalue weighted by atomic mass is 16.4. The van der Waals surface area contributed by atoms with E-state index in [2.05, 4.69) is 16.0 Å². The number of nitrogens with two attached hydrogens (primary N) is 2. The zero-order valence-corrected chi connectivity index (χ0v) is 19.3. The highest BCUT2D eigenvalue weighted by Gasteiger charge is 2.33. The van der Waals surface area contributed by atoms with Crippen molar-refractivity contribution >= 4 is 35.6 Å². The Labute approximate surface area is 192 Å². The molecule has 0 radical (unpaired) electrons. The average Bonchev–Trinajstić information content (AvgIpc) is 2.71. The number of hydrogen-bond donors (Lipinski definition) is 7. The van der Waals surface area contributed by atoms with Gasteiger partial charge in [0.05, 0.1) is 12.5 Å². The summed E-state index contributed by atoms with van der Waals surface area (Å²) in [5.41, 5.74) is 10.9. The van der Waals surface area contributed by atoms with Crippen LogP contribution in [0, 0.1) is 11.8 Å². The van der Waals surface area contributed by atoms with Gasteiger partial charge in [-0.3, -0.25) is 24.0 Å². The quantitative estimate of drug-likeness (QED) is 0.143. The molecule has 0 aromatic heterocycles. The zero-order chi connectivity index (χ0) is 25.9. The van der Waals surface area contributed by atoms with Gasteiger partial charge < -0.3 is 37.6 Å². The van der Waals surface area contributed by atoms with Gasteiger partial charge in [0, 0.05) is 6.42 Å². The monoisotopic (exact) mass is 473 g/mol. The van der Waals surface area contributed by atoms with Gasteiger partial charge in [-0.15, -0.1) is 0 Å². The van der Waals surface area contributed by atoms with Crippen LogP contribution >= 0.6 is 0 Å². The number of carbonyl (C=O) groups is 6.